The molecule has 0 N–H and O–H groups in total. The van der Waals surface area contributed by atoms with Crippen molar-refractivity contribution in [2.75, 3.05) is 6.61 Å². The van der Waals surface area contributed by atoms with Gasteiger partial charge in [0.25, 0.3) is 0 Å². The summed E-state index contributed by atoms with van der Waals surface area (Å²) in [5, 5.41) is 4.89. The van der Waals surface area contributed by atoms with E-state index in [0.29, 0.717) is 6.04 Å². The molecule has 146 valence electrons. The third-order valence-corrected chi connectivity index (χ3v) is 5.46. The lowest BCUT2D eigenvalue weighted by molar-refractivity contribution is -0.384. The first-order valence-electron chi connectivity index (χ1n) is 10.4. The monoisotopic (exact) mass is 370 g/mol. The molecule has 1 aromatic carbocycles. The first-order chi connectivity index (χ1) is 13.2. The van der Waals surface area contributed by atoms with Gasteiger partial charge in [-0.1, -0.05) is 32.6 Å². The second-order valence-corrected chi connectivity index (χ2v) is 7.59. The maximum Gasteiger partial charge on any atom is 0.208 e. The van der Waals surface area contributed by atoms with E-state index < -0.39 is 0 Å². The number of hydrogen-bond acceptors (Lipinski definition) is 4. The molecule has 5 heteroatoms. The number of hydrogen-bond donors (Lipinski definition) is 0. The lowest BCUT2D eigenvalue weighted by Gasteiger charge is -2.32. The number of nitrogens with zero attached hydrogens (tertiary/aromatic N) is 2. The van der Waals surface area contributed by atoms with Crippen molar-refractivity contribution in [3.05, 3.63) is 36.0 Å². The SMILES string of the molecule is CCCCOc1ccc(-c2cc(C3OC(C)O3)nn2C2CCCCC2)cc1. The van der Waals surface area contributed by atoms with Crippen molar-refractivity contribution in [1.82, 2.24) is 9.78 Å². The topological polar surface area (TPSA) is 45.5 Å². The summed E-state index contributed by atoms with van der Waals surface area (Å²) in [6, 6.07) is 11.0. The van der Waals surface area contributed by atoms with Crippen molar-refractivity contribution in [3.8, 4) is 17.0 Å². The van der Waals surface area contributed by atoms with Crippen LogP contribution in [0.4, 0.5) is 0 Å². The number of unbranched alkanes of at least 4 members (excludes halogenated alkanes) is 1. The molecule has 2 aliphatic rings. The number of rotatable bonds is 7. The van der Waals surface area contributed by atoms with E-state index in [1.165, 1.54) is 32.1 Å². The van der Waals surface area contributed by atoms with E-state index in [2.05, 4.69) is 41.9 Å². The lowest BCUT2D eigenvalue weighted by atomic mass is 9.95. The normalized spacial score (nSPS) is 23.2. The van der Waals surface area contributed by atoms with Gasteiger partial charge in [0.15, 0.2) is 6.29 Å². The van der Waals surface area contributed by atoms with Crippen LogP contribution in [0.5, 0.6) is 5.75 Å². The number of aromatic nitrogens is 2. The molecule has 27 heavy (non-hydrogen) atoms. The molecular weight excluding hydrogens is 340 g/mol. The van der Waals surface area contributed by atoms with Gasteiger partial charge in [-0.2, -0.15) is 5.10 Å². The first-order valence-corrected chi connectivity index (χ1v) is 10.4. The second-order valence-electron chi connectivity index (χ2n) is 7.59. The maximum atomic E-state index is 5.80. The molecule has 1 saturated carbocycles. The van der Waals surface area contributed by atoms with Crippen LogP contribution in [-0.4, -0.2) is 22.7 Å². The van der Waals surface area contributed by atoms with Crippen molar-refractivity contribution >= 4 is 0 Å². The lowest BCUT2D eigenvalue weighted by Crippen LogP contribution is -2.32. The van der Waals surface area contributed by atoms with Gasteiger partial charge in [-0.15, -0.1) is 0 Å². The van der Waals surface area contributed by atoms with Gasteiger partial charge < -0.3 is 14.2 Å². The van der Waals surface area contributed by atoms with Gasteiger partial charge in [0.1, 0.15) is 11.4 Å². The largest absolute Gasteiger partial charge is 0.494 e. The smallest absolute Gasteiger partial charge is 0.208 e. The fraction of sp³-hybridized carbons (Fsp3) is 0.591. The van der Waals surface area contributed by atoms with E-state index in [1.807, 2.05) is 6.92 Å². The zero-order valence-corrected chi connectivity index (χ0v) is 16.4. The molecule has 0 radical (unpaired) electrons. The molecule has 0 bridgehead atoms. The fourth-order valence-electron chi connectivity index (χ4n) is 3.90. The van der Waals surface area contributed by atoms with E-state index in [1.54, 1.807) is 0 Å². The molecule has 5 nitrogen and oxygen atoms in total. The zero-order valence-electron chi connectivity index (χ0n) is 16.4. The Bertz CT molecular complexity index is 729. The molecule has 0 spiro atoms. The molecule has 1 aliphatic carbocycles. The molecule has 1 saturated heterocycles. The van der Waals surface area contributed by atoms with E-state index in [4.69, 9.17) is 19.3 Å². The number of benzene rings is 1. The first kappa shape index (κ1) is 18.5. The summed E-state index contributed by atoms with van der Waals surface area (Å²) >= 11 is 0. The van der Waals surface area contributed by atoms with Crippen LogP contribution >= 0.6 is 0 Å². The highest BCUT2D eigenvalue weighted by Gasteiger charge is 2.32. The van der Waals surface area contributed by atoms with Gasteiger partial charge >= 0.3 is 0 Å². The Labute approximate surface area is 161 Å². The van der Waals surface area contributed by atoms with Gasteiger partial charge in [0.2, 0.25) is 6.29 Å². The number of ether oxygens (including phenoxy) is 3. The van der Waals surface area contributed by atoms with Crippen LogP contribution in [0.25, 0.3) is 11.3 Å². The van der Waals surface area contributed by atoms with Gasteiger partial charge in [-0.05, 0) is 56.5 Å². The average Bonchev–Trinajstić information content (AvgIpc) is 3.12. The van der Waals surface area contributed by atoms with Crippen LogP contribution in [0, 0.1) is 0 Å². The average molecular weight is 370 g/mol. The highest BCUT2D eigenvalue weighted by Crippen LogP contribution is 2.37. The Morgan fingerprint density at radius 2 is 1.85 bits per heavy atom. The van der Waals surface area contributed by atoms with Gasteiger partial charge in [0, 0.05) is 5.56 Å². The fourth-order valence-corrected chi connectivity index (χ4v) is 3.90. The Hall–Kier alpha value is -1.85. The van der Waals surface area contributed by atoms with E-state index >= 15 is 0 Å². The quantitative estimate of drug-likeness (QED) is 0.593. The van der Waals surface area contributed by atoms with Crippen LogP contribution in [0.1, 0.15) is 76.8 Å². The molecule has 0 unspecified atom stereocenters. The maximum absolute atomic E-state index is 5.80. The van der Waals surface area contributed by atoms with Crippen molar-refractivity contribution < 1.29 is 14.2 Å². The predicted octanol–water partition coefficient (Wildman–Crippen LogP) is 5.63. The van der Waals surface area contributed by atoms with Crippen LogP contribution < -0.4 is 4.74 Å². The van der Waals surface area contributed by atoms with Crippen LogP contribution in [-0.2, 0) is 9.47 Å². The van der Waals surface area contributed by atoms with Crippen molar-refractivity contribution in [2.45, 2.75) is 77.4 Å². The van der Waals surface area contributed by atoms with Crippen molar-refractivity contribution in [3.63, 3.8) is 0 Å². The Morgan fingerprint density at radius 3 is 2.52 bits per heavy atom. The van der Waals surface area contributed by atoms with Crippen LogP contribution in [0.3, 0.4) is 0 Å². The molecule has 4 rings (SSSR count). The predicted molar refractivity (Wildman–Crippen MR) is 105 cm³/mol. The van der Waals surface area contributed by atoms with Crippen LogP contribution in [0.15, 0.2) is 30.3 Å². The highest BCUT2D eigenvalue weighted by molar-refractivity contribution is 5.61. The highest BCUT2D eigenvalue weighted by atomic mass is 16.9. The molecule has 0 atom stereocenters. The minimum atomic E-state index is -0.333. The zero-order chi connectivity index (χ0) is 18.6. The molecular formula is C22H30N2O3. The molecule has 1 aromatic heterocycles. The molecule has 2 fully saturated rings. The molecule has 2 heterocycles. The summed E-state index contributed by atoms with van der Waals surface area (Å²) in [5.41, 5.74) is 3.18. The summed E-state index contributed by atoms with van der Waals surface area (Å²) in [5.74, 6) is 0.927. The third kappa shape index (κ3) is 4.19. The van der Waals surface area contributed by atoms with Crippen molar-refractivity contribution in [1.29, 1.82) is 0 Å². The van der Waals surface area contributed by atoms with E-state index in [9.17, 15) is 0 Å². The van der Waals surface area contributed by atoms with Crippen molar-refractivity contribution in [2.24, 2.45) is 0 Å². The third-order valence-electron chi connectivity index (χ3n) is 5.46. The standard InChI is InChI=1S/C22H30N2O3/c1-3-4-14-25-19-12-10-17(11-13-19)21-15-20(22-26-16(2)27-22)23-24(21)18-8-6-5-7-9-18/h10-13,15-16,18,22H,3-9,14H2,1-2H3. The summed E-state index contributed by atoms with van der Waals surface area (Å²) in [7, 11) is 0. The van der Waals surface area contributed by atoms with E-state index in [-0.39, 0.29) is 12.6 Å². The summed E-state index contributed by atoms with van der Waals surface area (Å²) in [4.78, 5) is 0. The molecule has 1 aliphatic heterocycles. The Balaban J connectivity index is 1.57. The van der Waals surface area contributed by atoms with Gasteiger partial charge in [-0.25, -0.2) is 0 Å². The summed E-state index contributed by atoms with van der Waals surface area (Å²) in [6.45, 7) is 4.86. The molecule has 2 aromatic rings. The van der Waals surface area contributed by atoms with Crippen LogP contribution in [0.2, 0.25) is 0 Å². The minimum absolute atomic E-state index is 0.141. The summed E-state index contributed by atoms with van der Waals surface area (Å²) in [6.07, 6.45) is 8.01. The Morgan fingerprint density at radius 1 is 1.11 bits per heavy atom. The van der Waals surface area contributed by atoms with Gasteiger partial charge in [-0.3, -0.25) is 4.68 Å². The molecule has 0 amide bonds. The summed E-state index contributed by atoms with van der Waals surface area (Å²) < 4.78 is 19.4. The second kappa shape index (κ2) is 8.44. The Kier molecular flexibility index (Phi) is 5.79. The van der Waals surface area contributed by atoms with Gasteiger partial charge in [0.05, 0.1) is 18.3 Å². The minimum Gasteiger partial charge on any atom is -0.494 e. The van der Waals surface area contributed by atoms with E-state index in [0.717, 1.165) is 42.1 Å².